The van der Waals surface area contributed by atoms with Crippen molar-refractivity contribution < 1.29 is 37.0 Å². The fourth-order valence-corrected chi connectivity index (χ4v) is 7.57. The maximum absolute atomic E-state index is 14.5. The van der Waals surface area contributed by atoms with Crippen molar-refractivity contribution in [3.63, 3.8) is 0 Å². The van der Waals surface area contributed by atoms with Crippen molar-refractivity contribution in [3.8, 4) is 23.0 Å². The molecular weight excluding hydrogens is 859 g/mol. The molecule has 0 saturated carbocycles. The predicted molar refractivity (Wildman–Crippen MR) is 234 cm³/mol. The zero-order chi connectivity index (χ0) is 43.9. The highest BCUT2D eigenvalue weighted by molar-refractivity contribution is 6.31. The van der Waals surface area contributed by atoms with E-state index in [0.717, 1.165) is 25.9 Å². The summed E-state index contributed by atoms with van der Waals surface area (Å²) in [5.74, 6) is 2.02. The zero-order valence-electron chi connectivity index (χ0n) is 34.0. The van der Waals surface area contributed by atoms with Crippen LogP contribution in [0, 0.1) is 11.6 Å². The van der Waals surface area contributed by atoms with Gasteiger partial charge in [0, 0.05) is 54.9 Å². The molecule has 5 heterocycles. The van der Waals surface area contributed by atoms with Crippen LogP contribution in [-0.2, 0) is 0 Å². The minimum atomic E-state index is -0.572. The van der Waals surface area contributed by atoms with Crippen molar-refractivity contribution in [3.05, 3.63) is 113 Å². The minimum Gasteiger partial charge on any atom is -0.493 e. The highest BCUT2D eigenvalue weighted by Crippen LogP contribution is 2.38. The van der Waals surface area contributed by atoms with E-state index in [2.05, 4.69) is 41.0 Å². The summed E-state index contributed by atoms with van der Waals surface area (Å²) in [7, 11) is 3.15. The molecule has 7 aromatic rings. The smallest absolute Gasteiger partial charge is 0.292 e. The Hall–Kier alpha value is -6.56. The van der Waals surface area contributed by atoms with Gasteiger partial charge in [-0.25, -0.2) is 28.7 Å². The molecule has 1 amide bonds. The molecule has 2 saturated heterocycles. The average Bonchev–Trinajstić information content (AvgIpc) is 3.86. The summed E-state index contributed by atoms with van der Waals surface area (Å²) >= 11 is 11.8. The number of nitrogens with zero attached hydrogens (tertiary/aromatic N) is 6. The number of benzene rings is 4. The molecule has 0 aliphatic carbocycles. The number of hydrogen-bond acceptors (Lipinski definition) is 14. The van der Waals surface area contributed by atoms with Crippen molar-refractivity contribution in [2.24, 2.45) is 0 Å². The second-order valence-corrected chi connectivity index (χ2v) is 15.3. The number of hydrogen-bond donors (Lipinski definition) is 3. The molecule has 3 aromatic heterocycles. The van der Waals surface area contributed by atoms with Gasteiger partial charge in [-0.05, 0) is 62.3 Å². The largest absolute Gasteiger partial charge is 0.493 e. The first-order valence-electron chi connectivity index (χ1n) is 20.0. The molecule has 0 radical (unpaired) electrons. The number of methoxy groups -OCH3 is 2. The second-order valence-electron chi connectivity index (χ2n) is 14.5. The number of fused-ring (bicyclic) bond motifs is 2. The number of halogens is 4. The van der Waals surface area contributed by atoms with Crippen molar-refractivity contribution in [2.45, 2.75) is 37.9 Å². The Balaban J connectivity index is 0.000000177. The monoisotopic (exact) mass is 899 g/mol. The fourth-order valence-electron chi connectivity index (χ4n) is 7.22. The molecule has 63 heavy (non-hydrogen) atoms. The van der Waals surface area contributed by atoms with Gasteiger partial charge in [-0.1, -0.05) is 40.5 Å². The molecule has 2 fully saturated rings. The summed E-state index contributed by atoms with van der Waals surface area (Å²) in [6.07, 6.45) is 7.33. The van der Waals surface area contributed by atoms with Crippen LogP contribution in [0.3, 0.4) is 0 Å². The fraction of sp³-hybridized carbons (Fsp3) is 0.273. The molecule has 19 heteroatoms. The van der Waals surface area contributed by atoms with Crippen LogP contribution in [0.5, 0.6) is 23.0 Å². The topological polar surface area (TPSA) is 171 Å². The third-order valence-electron chi connectivity index (χ3n) is 10.5. The highest BCUT2D eigenvalue weighted by Gasteiger charge is 2.28. The molecule has 4 aromatic carbocycles. The lowest BCUT2D eigenvalue weighted by molar-refractivity contribution is 0.0554. The van der Waals surface area contributed by atoms with Crippen LogP contribution < -0.4 is 34.9 Å². The van der Waals surface area contributed by atoms with Crippen LogP contribution in [0.25, 0.3) is 21.8 Å². The number of ether oxygens (including phenoxy) is 4. The third kappa shape index (κ3) is 9.90. The van der Waals surface area contributed by atoms with E-state index >= 15 is 0 Å². The van der Waals surface area contributed by atoms with Crippen molar-refractivity contribution in [2.75, 3.05) is 51.0 Å². The lowest BCUT2D eigenvalue weighted by atomic mass is 10.1. The molecule has 0 unspecified atom stereocenters. The molecule has 3 N–H and O–H groups in total. The van der Waals surface area contributed by atoms with Gasteiger partial charge in [0.25, 0.3) is 5.91 Å². The van der Waals surface area contributed by atoms with Gasteiger partial charge in [0.2, 0.25) is 5.76 Å². The van der Waals surface area contributed by atoms with E-state index in [1.807, 2.05) is 6.07 Å². The third-order valence-corrected chi connectivity index (χ3v) is 11.1. The molecule has 0 spiro atoms. The number of piperidine rings is 2. The summed E-state index contributed by atoms with van der Waals surface area (Å²) in [5, 5.41) is 14.3. The second kappa shape index (κ2) is 19.7. The number of carbonyl (C=O) groups excluding carboxylic acids is 1. The van der Waals surface area contributed by atoms with E-state index in [1.54, 1.807) is 67.7 Å². The number of aromatic nitrogens is 5. The van der Waals surface area contributed by atoms with Gasteiger partial charge in [0.05, 0.1) is 52.9 Å². The van der Waals surface area contributed by atoms with E-state index in [0.29, 0.717) is 82.4 Å². The van der Waals surface area contributed by atoms with E-state index < -0.39 is 11.6 Å². The predicted octanol–water partition coefficient (Wildman–Crippen LogP) is 9.15. The molecule has 0 atom stereocenters. The molecule has 9 rings (SSSR count). The molecular formula is C44H41Cl2F2N9O6. The van der Waals surface area contributed by atoms with Crippen LogP contribution in [0.15, 0.2) is 90.1 Å². The Morgan fingerprint density at radius 3 is 1.70 bits per heavy atom. The van der Waals surface area contributed by atoms with Crippen LogP contribution in [-0.4, -0.2) is 88.5 Å². The SMILES string of the molecule is COc1cc2ncnc(Nc3cccc(Cl)c3F)c2cc1OC1CCN(C(=O)c2ccno2)CC1.COc1cc2ncnc(Nc3cccc(Cl)c3F)c2cc1OC1CCNCC1. The Labute approximate surface area is 370 Å². The maximum atomic E-state index is 14.5. The van der Waals surface area contributed by atoms with Crippen LogP contribution in [0.2, 0.25) is 10.0 Å². The van der Waals surface area contributed by atoms with Gasteiger partial charge in [0.1, 0.15) is 36.5 Å². The molecule has 2 aliphatic heterocycles. The number of amides is 1. The van der Waals surface area contributed by atoms with E-state index in [4.69, 9.17) is 46.7 Å². The zero-order valence-corrected chi connectivity index (χ0v) is 35.6. The summed E-state index contributed by atoms with van der Waals surface area (Å²) in [6.45, 7) is 2.88. The first-order valence-corrected chi connectivity index (χ1v) is 20.8. The van der Waals surface area contributed by atoms with Gasteiger partial charge in [-0.2, -0.15) is 0 Å². The van der Waals surface area contributed by atoms with Crippen molar-refractivity contribution in [1.82, 2.24) is 35.3 Å². The van der Waals surface area contributed by atoms with Gasteiger partial charge in [0.15, 0.2) is 34.6 Å². The Bertz CT molecular complexity index is 2720. The molecule has 2 aliphatic rings. The van der Waals surface area contributed by atoms with Crippen LogP contribution in [0.4, 0.5) is 31.8 Å². The van der Waals surface area contributed by atoms with E-state index in [1.165, 1.54) is 31.0 Å². The number of rotatable bonds is 11. The minimum absolute atomic E-state index is 0.00666. The number of likely N-dealkylation sites (tertiary alicyclic amines) is 1. The van der Waals surface area contributed by atoms with E-state index in [-0.39, 0.29) is 45.3 Å². The lowest BCUT2D eigenvalue weighted by Gasteiger charge is -2.31. The average molecular weight is 901 g/mol. The standard InChI is InChI=1S/C24H21ClFN5O4.C20H20ClFN4O2/c1-33-20-12-18-15(23(28-13-27-18)30-17-4-2-3-16(25)22(17)26)11-21(20)34-14-6-9-31(10-7-14)24(32)19-5-8-29-35-19;1-27-17-10-16-13(9-18(17)28-12-5-7-23-8-6-12)20(25-11-24-16)26-15-4-2-3-14(21)19(15)22/h2-5,8,11-14H,6-7,9-10H2,1H3,(H,27,28,30);2-4,9-12,23H,5-8H2,1H3,(H,24,25,26). The number of carbonyl (C=O) groups is 1. The quantitative estimate of drug-likeness (QED) is 0.112. The Morgan fingerprint density at radius 2 is 1.22 bits per heavy atom. The lowest BCUT2D eigenvalue weighted by Crippen LogP contribution is -2.41. The molecule has 326 valence electrons. The molecule has 15 nitrogen and oxygen atoms in total. The van der Waals surface area contributed by atoms with E-state index in [9.17, 15) is 13.6 Å². The summed E-state index contributed by atoms with van der Waals surface area (Å²) in [5.41, 5.74) is 1.69. The summed E-state index contributed by atoms with van der Waals surface area (Å²) < 4.78 is 57.2. The number of nitrogens with one attached hydrogen (secondary N) is 3. The van der Waals surface area contributed by atoms with Crippen LogP contribution in [0.1, 0.15) is 36.2 Å². The van der Waals surface area contributed by atoms with Crippen molar-refractivity contribution in [1.29, 1.82) is 0 Å². The number of anilines is 4. The Kier molecular flexibility index (Phi) is 13.4. The maximum Gasteiger partial charge on any atom is 0.292 e. The molecule has 0 bridgehead atoms. The summed E-state index contributed by atoms with van der Waals surface area (Å²) in [6, 6.07) is 18.2. The van der Waals surface area contributed by atoms with Gasteiger partial charge < -0.3 is 44.3 Å². The Morgan fingerprint density at radius 1 is 0.714 bits per heavy atom. The normalized spacial score (nSPS) is 14.5. The van der Waals surface area contributed by atoms with Crippen LogP contribution >= 0.6 is 23.2 Å². The van der Waals surface area contributed by atoms with Crippen molar-refractivity contribution >= 4 is 73.9 Å². The van der Waals surface area contributed by atoms with Gasteiger partial charge >= 0.3 is 0 Å². The first kappa shape index (κ1) is 43.1. The first-order chi connectivity index (χ1) is 30.7. The highest BCUT2D eigenvalue weighted by atomic mass is 35.5. The van der Waals surface area contributed by atoms with Gasteiger partial charge in [-0.3, -0.25) is 4.79 Å². The summed E-state index contributed by atoms with van der Waals surface area (Å²) in [4.78, 5) is 31.4. The van der Waals surface area contributed by atoms with Gasteiger partial charge in [-0.15, -0.1) is 0 Å².